The number of methoxy groups -OCH3 is 1. The Labute approximate surface area is 185 Å². The van der Waals surface area contributed by atoms with Crippen molar-refractivity contribution in [3.05, 3.63) is 46.0 Å². The molecular formula is C22H27N5O3S. The Balaban J connectivity index is 1.23. The Kier molecular flexibility index (Phi) is 6.53. The molecule has 0 spiro atoms. The van der Waals surface area contributed by atoms with Gasteiger partial charge in [-0.1, -0.05) is 0 Å². The van der Waals surface area contributed by atoms with Gasteiger partial charge in [0.05, 0.1) is 20.1 Å². The van der Waals surface area contributed by atoms with Crippen LogP contribution in [0.5, 0.6) is 5.75 Å². The van der Waals surface area contributed by atoms with Crippen LogP contribution in [-0.4, -0.2) is 53.4 Å². The number of piperidine rings is 1. The van der Waals surface area contributed by atoms with Crippen LogP contribution in [0.15, 0.2) is 29.8 Å². The number of nitrogens with one attached hydrogen (secondary N) is 3. The third-order valence-corrected chi connectivity index (χ3v) is 6.60. The summed E-state index contributed by atoms with van der Waals surface area (Å²) in [6, 6.07) is 6.08. The first-order chi connectivity index (χ1) is 15.0. The summed E-state index contributed by atoms with van der Waals surface area (Å²) in [5, 5.41) is 3.84. The highest BCUT2D eigenvalue weighted by Crippen LogP contribution is 2.34. The van der Waals surface area contributed by atoms with Gasteiger partial charge in [0.2, 0.25) is 5.91 Å². The van der Waals surface area contributed by atoms with Crippen molar-refractivity contribution in [3.8, 4) is 5.75 Å². The maximum Gasteiger partial charge on any atom is 0.252 e. The minimum absolute atomic E-state index is 0.166. The van der Waals surface area contributed by atoms with Gasteiger partial charge in [0.1, 0.15) is 10.8 Å². The number of H-pyrrole nitrogens is 1. The van der Waals surface area contributed by atoms with Crippen molar-refractivity contribution in [2.45, 2.75) is 32.1 Å². The van der Waals surface area contributed by atoms with Crippen LogP contribution in [-0.2, 0) is 16.0 Å². The Hall–Kier alpha value is -2.91. The lowest BCUT2D eigenvalue weighted by atomic mass is 9.89. The lowest BCUT2D eigenvalue weighted by Crippen LogP contribution is -2.48. The fraction of sp³-hybridized carbons (Fsp3) is 0.409. The number of amides is 2. The molecule has 9 heteroatoms. The Morgan fingerprint density at radius 1 is 1.26 bits per heavy atom. The number of likely N-dealkylation sites (tertiary alicyclic amines) is 1. The lowest BCUT2D eigenvalue weighted by molar-refractivity contribution is -0.129. The van der Waals surface area contributed by atoms with E-state index in [1.807, 2.05) is 24.4 Å². The second-order valence-electron chi connectivity index (χ2n) is 7.86. The summed E-state index contributed by atoms with van der Waals surface area (Å²) in [4.78, 5) is 33.9. The monoisotopic (exact) mass is 441 g/mol. The van der Waals surface area contributed by atoms with Gasteiger partial charge < -0.3 is 9.72 Å². The van der Waals surface area contributed by atoms with Crippen LogP contribution in [0.1, 0.15) is 35.0 Å². The highest BCUT2D eigenvalue weighted by atomic mass is 32.1. The number of thiazole rings is 1. The molecule has 2 amide bonds. The van der Waals surface area contributed by atoms with Gasteiger partial charge in [0.15, 0.2) is 0 Å². The number of hydrogen-bond acceptors (Lipinski definition) is 6. The molecule has 0 aliphatic carbocycles. The van der Waals surface area contributed by atoms with Crippen molar-refractivity contribution in [1.29, 1.82) is 0 Å². The number of hydrogen-bond donors (Lipinski definition) is 3. The second-order valence-corrected chi connectivity index (χ2v) is 8.80. The fourth-order valence-electron chi connectivity index (χ4n) is 4.04. The molecule has 31 heavy (non-hydrogen) atoms. The fourth-order valence-corrected chi connectivity index (χ4v) is 4.81. The average molecular weight is 442 g/mol. The molecule has 3 heterocycles. The van der Waals surface area contributed by atoms with Crippen LogP contribution in [0.25, 0.3) is 10.9 Å². The van der Waals surface area contributed by atoms with E-state index in [-0.39, 0.29) is 24.8 Å². The normalized spacial score (nSPS) is 15.2. The average Bonchev–Trinajstić information content (AvgIpc) is 3.38. The molecule has 3 aromatic rings. The molecule has 0 radical (unpaired) electrons. The molecule has 8 nitrogen and oxygen atoms in total. The molecule has 0 atom stereocenters. The highest BCUT2D eigenvalue weighted by molar-refractivity contribution is 7.09. The van der Waals surface area contributed by atoms with Crippen molar-refractivity contribution in [2.75, 3.05) is 26.7 Å². The summed E-state index contributed by atoms with van der Waals surface area (Å²) in [6.07, 6.45) is 4.22. The summed E-state index contributed by atoms with van der Waals surface area (Å²) in [6.45, 7) is 3.82. The van der Waals surface area contributed by atoms with E-state index < -0.39 is 0 Å². The number of benzene rings is 1. The molecule has 1 aromatic carbocycles. The maximum atomic E-state index is 12.2. The van der Waals surface area contributed by atoms with E-state index in [1.54, 1.807) is 7.11 Å². The van der Waals surface area contributed by atoms with E-state index in [4.69, 9.17) is 4.74 Å². The van der Waals surface area contributed by atoms with E-state index in [9.17, 15) is 9.59 Å². The zero-order valence-electron chi connectivity index (χ0n) is 17.7. The number of fused-ring (bicyclic) bond motifs is 1. The molecule has 0 saturated carbocycles. The third kappa shape index (κ3) is 5.23. The smallest absolute Gasteiger partial charge is 0.252 e. The lowest BCUT2D eigenvalue weighted by Gasteiger charge is -2.31. The number of hydrazine groups is 1. The van der Waals surface area contributed by atoms with Crippen LogP contribution in [0, 0.1) is 6.92 Å². The van der Waals surface area contributed by atoms with Gasteiger partial charge >= 0.3 is 0 Å². The Bertz CT molecular complexity index is 1070. The molecular weight excluding hydrogens is 414 g/mol. The SMILES string of the molecule is COc1ccc2[nH]cc(C3CCN(CC(=O)NNC(=O)Cc4nc(C)cs4)CC3)c2c1. The largest absolute Gasteiger partial charge is 0.497 e. The number of carbonyl (C=O) groups excluding carboxylic acids is 2. The first-order valence-corrected chi connectivity index (χ1v) is 11.3. The third-order valence-electron chi connectivity index (χ3n) is 5.64. The van der Waals surface area contributed by atoms with Gasteiger partial charge in [-0.25, -0.2) is 4.98 Å². The quantitative estimate of drug-likeness (QED) is 0.511. The molecule has 0 unspecified atom stereocenters. The van der Waals surface area contributed by atoms with Crippen molar-refractivity contribution in [1.82, 2.24) is 25.7 Å². The van der Waals surface area contributed by atoms with Crippen LogP contribution in [0.2, 0.25) is 0 Å². The van der Waals surface area contributed by atoms with Crippen molar-refractivity contribution < 1.29 is 14.3 Å². The van der Waals surface area contributed by atoms with E-state index in [0.29, 0.717) is 5.92 Å². The standard InChI is InChI=1S/C22H27N5O3S/c1-14-13-31-22(24-14)10-20(28)25-26-21(29)12-27-7-5-15(6-8-27)18-11-23-19-4-3-16(30-2)9-17(18)19/h3-4,9,11,13,15,23H,5-8,10,12H2,1-2H3,(H,25,28)(H,26,29). The molecule has 1 saturated heterocycles. The predicted molar refractivity (Wildman–Crippen MR) is 120 cm³/mol. The molecule has 1 aliphatic heterocycles. The van der Waals surface area contributed by atoms with Crippen molar-refractivity contribution in [3.63, 3.8) is 0 Å². The topological polar surface area (TPSA) is 99.4 Å². The number of rotatable bonds is 6. The summed E-state index contributed by atoms with van der Waals surface area (Å²) < 4.78 is 5.37. The number of nitrogens with zero attached hydrogens (tertiary/aromatic N) is 2. The molecule has 2 aromatic heterocycles. The molecule has 164 valence electrons. The molecule has 3 N–H and O–H groups in total. The summed E-state index contributed by atoms with van der Waals surface area (Å²) in [7, 11) is 1.68. The number of aromatic amines is 1. The van der Waals surface area contributed by atoms with E-state index in [2.05, 4.69) is 38.0 Å². The second kappa shape index (κ2) is 9.49. The summed E-state index contributed by atoms with van der Waals surface area (Å²) >= 11 is 1.44. The zero-order valence-corrected chi connectivity index (χ0v) is 18.6. The minimum atomic E-state index is -0.267. The van der Waals surface area contributed by atoms with Gasteiger partial charge in [-0.05, 0) is 62.5 Å². The Morgan fingerprint density at radius 2 is 2.03 bits per heavy atom. The molecule has 4 rings (SSSR count). The minimum Gasteiger partial charge on any atom is -0.497 e. The van der Waals surface area contributed by atoms with Gasteiger partial charge in [0.25, 0.3) is 5.91 Å². The van der Waals surface area contributed by atoms with Crippen LogP contribution >= 0.6 is 11.3 Å². The Morgan fingerprint density at radius 3 is 2.74 bits per heavy atom. The molecule has 1 fully saturated rings. The van der Waals surface area contributed by atoms with Crippen molar-refractivity contribution >= 4 is 34.1 Å². The van der Waals surface area contributed by atoms with Crippen molar-refractivity contribution in [2.24, 2.45) is 0 Å². The number of carbonyl (C=O) groups is 2. The van der Waals surface area contributed by atoms with E-state index in [1.165, 1.54) is 22.3 Å². The molecule has 0 bridgehead atoms. The highest BCUT2D eigenvalue weighted by Gasteiger charge is 2.24. The van der Waals surface area contributed by atoms with Crippen LogP contribution in [0.4, 0.5) is 0 Å². The number of aryl methyl sites for hydroxylation is 1. The van der Waals surface area contributed by atoms with E-state index >= 15 is 0 Å². The maximum absolute atomic E-state index is 12.2. The summed E-state index contributed by atoms with van der Waals surface area (Å²) in [5.74, 6) is 0.825. The van der Waals surface area contributed by atoms with Gasteiger partial charge in [-0.3, -0.25) is 25.3 Å². The molecule has 1 aliphatic rings. The first kappa shape index (κ1) is 21.3. The van der Waals surface area contributed by atoms with Gasteiger partial charge in [-0.2, -0.15) is 0 Å². The van der Waals surface area contributed by atoms with Gasteiger partial charge in [-0.15, -0.1) is 11.3 Å². The van der Waals surface area contributed by atoms with E-state index in [0.717, 1.165) is 47.9 Å². The van der Waals surface area contributed by atoms with Crippen LogP contribution < -0.4 is 15.6 Å². The first-order valence-electron chi connectivity index (χ1n) is 10.4. The number of ether oxygens (including phenoxy) is 1. The summed E-state index contributed by atoms with van der Waals surface area (Å²) in [5.41, 5.74) is 8.30. The number of aromatic nitrogens is 2. The zero-order chi connectivity index (χ0) is 21.8. The van der Waals surface area contributed by atoms with Gasteiger partial charge in [0, 0.05) is 28.2 Å². The predicted octanol–water partition coefficient (Wildman–Crippen LogP) is 2.51. The van der Waals surface area contributed by atoms with Crippen LogP contribution in [0.3, 0.4) is 0 Å².